The lowest BCUT2D eigenvalue weighted by molar-refractivity contribution is -0.135. The molecule has 0 aromatic rings. The first-order valence-corrected chi connectivity index (χ1v) is 19.9. The molecule has 5 atom stereocenters. The molecule has 3 amide bonds. The number of hydrogen-bond donors (Lipinski definition) is 13. The van der Waals surface area contributed by atoms with Crippen LogP contribution in [0, 0.1) is 17.8 Å². The molecule has 0 unspecified atom stereocenters. The zero-order valence-corrected chi connectivity index (χ0v) is 35.1. The van der Waals surface area contributed by atoms with E-state index in [-0.39, 0.29) is 145 Å². The van der Waals surface area contributed by atoms with E-state index in [1.165, 1.54) is 14.0 Å². The SMILES string of the molecule is CNC(=O)[C@@H](CCCN=C(N)N)CC(=O)[C@@H](CCCN=C(N)N)NC(=O)[C@@H](CCCN=C(N)N)CC(=O)[C@@H](CCCN=C(N)N)NC(=O)[C@@H](CCCN=C(N)N)CC(C)=O. The predicted molar refractivity (Wildman–Crippen MR) is 232 cm³/mol. The number of aliphatic imine (C=N–C) groups is 5. The van der Waals surface area contributed by atoms with Gasteiger partial charge in [0.25, 0.3) is 0 Å². The van der Waals surface area contributed by atoms with Crippen molar-refractivity contribution in [1.82, 2.24) is 16.0 Å². The number of amides is 3. The highest BCUT2D eigenvalue weighted by Crippen LogP contribution is 2.20. The number of carbonyl (C=O) groups is 6. The lowest BCUT2D eigenvalue weighted by Gasteiger charge is -2.25. The van der Waals surface area contributed by atoms with E-state index < -0.39 is 53.2 Å². The molecule has 0 heterocycles. The summed E-state index contributed by atoms with van der Waals surface area (Å²) >= 11 is 0. The molecule has 0 spiro atoms. The summed E-state index contributed by atoms with van der Waals surface area (Å²) in [5.41, 5.74) is 54.6. The number of guanidine groups is 5. The highest BCUT2D eigenvalue weighted by Gasteiger charge is 2.32. The minimum absolute atomic E-state index is 0.0893. The lowest BCUT2D eigenvalue weighted by Crippen LogP contribution is -2.47. The average molecular weight is 851 g/mol. The van der Waals surface area contributed by atoms with Crippen LogP contribution in [0.4, 0.5) is 0 Å². The molecular weight excluding hydrogens is 781 g/mol. The second-order valence-electron chi connectivity index (χ2n) is 14.3. The van der Waals surface area contributed by atoms with Crippen LogP contribution >= 0.6 is 0 Å². The lowest BCUT2D eigenvalue weighted by atomic mass is 9.89. The van der Waals surface area contributed by atoms with Crippen LogP contribution in [0.1, 0.15) is 90.4 Å². The summed E-state index contributed by atoms with van der Waals surface area (Å²) in [6.45, 7) is 2.26. The highest BCUT2D eigenvalue weighted by molar-refractivity contribution is 5.96. The summed E-state index contributed by atoms with van der Waals surface area (Å²) in [5.74, 6) is -5.97. The van der Waals surface area contributed by atoms with Crippen LogP contribution in [-0.2, 0) is 28.8 Å². The average Bonchev–Trinajstić information content (AvgIpc) is 3.16. The van der Waals surface area contributed by atoms with Crippen molar-refractivity contribution in [3.8, 4) is 0 Å². The van der Waals surface area contributed by atoms with Gasteiger partial charge in [-0.25, -0.2) is 0 Å². The molecule has 0 saturated carbocycles. The van der Waals surface area contributed by atoms with Crippen molar-refractivity contribution in [2.75, 3.05) is 39.8 Å². The van der Waals surface area contributed by atoms with Crippen molar-refractivity contribution < 1.29 is 28.8 Å². The molecule has 0 saturated heterocycles. The third kappa shape index (κ3) is 26.6. The van der Waals surface area contributed by atoms with Gasteiger partial charge in [0.15, 0.2) is 41.4 Å². The first-order chi connectivity index (χ1) is 28.3. The van der Waals surface area contributed by atoms with Crippen LogP contribution in [0.15, 0.2) is 25.0 Å². The minimum atomic E-state index is -1.10. The van der Waals surface area contributed by atoms with Gasteiger partial charge in [-0.3, -0.25) is 48.9 Å². The van der Waals surface area contributed by atoms with Crippen molar-refractivity contribution >= 4 is 64.9 Å². The van der Waals surface area contributed by atoms with Crippen molar-refractivity contribution in [2.24, 2.45) is 100 Å². The standard InChI is InChI=1S/C36H70N18O6/c1-21(55)18-22(8-3-13-48-32(37)38)30(59)53-26(12-7-17-52-36(45)46)28(57)20-24(10-5-15-50-34(41)42)31(60)54-25(11-6-16-51-35(43)44)27(56)19-23(29(58)47-2)9-4-14-49-33(39)40/h22-26H,3-20H2,1-2H3,(H,47,58)(H,53,59)(H,54,60)(H4,37,38,48)(H4,39,40,49)(H4,41,42,50)(H4,43,44,51)(H4,45,46,52)/t22-,23-,24-,25+,26+/m0/s1. The third-order valence-corrected chi connectivity index (χ3v) is 9.10. The molecule has 60 heavy (non-hydrogen) atoms. The number of nitrogens with one attached hydrogen (secondary N) is 3. The molecular formula is C36H70N18O6. The summed E-state index contributed by atoms with van der Waals surface area (Å²) in [4.78, 5) is 100. The number of rotatable bonds is 33. The Kier molecular flexibility index (Phi) is 27.6. The second-order valence-corrected chi connectivity index (χ2v) is 14.3. The molecule has 0 aromatic heterocycles. The van der Waals surface area contributed by atoms with E-state index in [0.29, 0.717) is 12.8 Å². The first-order valence-electron chi connectivity index (χ1n) is 19.9. The number of Topliss-reactive ketones (excluding diaryl/α,β-unsaturated/α-hetero) is 3. The van der Waals surface area contributed by atoms with Crippen LogP contribution in [0.3, 0.4) is 0 Å². The fraction of sp³-hybridized carbons (Fsp3) is 0.694. The number of hydrogen-bond acceptors (Lipinski definition) is 11. The molecule has 0 radical (unpaired) electrons. The van der Waals surface area contributed by atoms with Crippen molar-refractivity contribution in [3.63, 3.8) is 0 Å². The van der Waals surface area contributed by atoms with Gasteiger partial charge in [-0.2, -0.15) is 0 Å². The molecule has 0 bridgehead atoms. The molecule has 0 aliphatic rings. The fourth-order valence-corrected chi connectivity index (χ4v) is 6.15. The zero-order chi connectivity index (χ0) is 45.6. The van der Waals surface area contributed by atoms with Crippen molar-refractivity contribution in [1.29, 1.82) is 0 Å². The topological polar surface area (TPSA) is 461 Å². The molecule has 24 heteroatoms. The molecule has 0 aromatic carbocycles. The zero-order valence-electron chi connectivity index (χ0n) is 35.1. The van der Waals surface area contributed by atoms with Gasteiger partial charge in [0.1, 0.15) is 5.78 Å². The normalized spacial score (nSPS) is 13.1. The Morgan fingerprint density at radius 3 is 0.950 bits per heavy atom. The Bertz CT molecular complexity index is 1530. The largest absolute Gasteiger partial charge is 0.370 e. The summed E-state index contributed by atoms with van der Waals surface area (Å²) in [7, 11) is 1.45. The summed E-state index contributed by atoms with van der Waals surface area (Å²) in [6.07, 6.45) is 1.81. The fourth-order valence-electron chi connectivity index (χ4n) is 6.15. The quantitative estimate of drug-likeness (QED) is 0.0169. The number of nitrogens with two attached hydrogens (primary N) is 10. The maximum Gasteiger partial charge on any atom is 0.224 e. The van der Waals surface area contributed by atoms with Gasteiger partial charge in [-0.05, 0) is 71.1 Å². The number of ketones is 3. The van der Waals surface area contributed by atoms with E-state index in [1.807, 2.05) is 0 Å². The Labute approximate surface area is 351 Å². The summed E-state index contributed by atoms with van der Waals surface area (Å²) in [6, 6.07) is -2.19. The maximum absolute atomic E-state index is 14.1. The monoisotopic (exact) mass is 851 g/mol. The van der Waals surface area contributed by atoms with E-state index in [4.69, 9.17) is 57.3 Å². The Morgan fingerprint density at radius 1 is 0.417 bits per heavy atom. The Balaban J connectivity index is 6.62. The molecule has 0 aliphatic heterocycles. The van der Waals surface area contributed by atoms with Gasteiger partial charge in [-0.15, -0.1) is 0 Å². The van der Waals surface area contributed by atoms with Gasteiger partial charge in [0, 0.05) is 76.8 Å². The maximum atomic E-state index is 14.1. The molecule has 23 N–H and O–H groups in total. The van der Waals surface area contributed by atoms with Crippen LogP contribution in [0.5, 0.6) is 0 Å². The van der Waals surface area contributed by atoms with Gasteiger partial charge < -0.3 is 78.1 Å². The van der Waals surface area contributed by atoms with E-state index in [9.17, 15) is 28.8 Å². The molecule has 24 nitrogen and oxygen atoms in total. The van der Waals surface area contributed by atoms with Crippen molar-refractivity contribution in [3.05, 3.63) is 0 Å². The van der Waals surface area contributed by atoms with Gasteiger partial charge in [0.2, 0.25) is 17.7 Å². The summed E-state index contributed by atoms with van der Waals surface area (Å²) < 4.78 is 0. The Morgan fingerprint density at radius 2 is 0.683 bits per heavy atom. The predicted octanol–water partition coefficient (Wildman–Crippen LogP) is -4.28. The number of carbonyl (C=O) groups excluding carboxylic acids is 6. The van der Waals surface area contributed by atoms with Crippen LogP contribution in [0.25, 0.3) is 0 Å². The molecule has 340 valence electrons. The molecule has 0 rings (SSSR count). The van der Waals surface area contributed by atoms with Gasteiger partial charge >= 0.3 is 0 Å². The van der Waals surface area contributed by atoms with Gasteiger partial charge in [-0.1, -0.05) is 0 Å². The highest BCUT2D eigenvalue weighted by atomic mass is 16.2. The number of nitrogens with zero attached hydrogens (tertiary/aromatic N) is 5. The molecule has 0 fully saturated rings. The van der Waals surface area contributed by atoms with E-state index >= 15 is 0 Å². The van der Waals surface area contributed by atoms with E-state index in [0.717, 1.165) is 0 Å². The minimum Gasteiger partial charge on any atom is -0.370 e. The van der Waals surface area contributed by atoms with E-state index in [1.54, 1.807) is 0 Å². The van der Waals surface area contributed by atoms with Gasteiger partial charge in [0.05, 0.1) is 12.1 Å². The van der Waals surface area contributed by atoms with E-state index in [2.05, 4.69) is 40.9 Å². The van der Waals surface area contributed by atoms with Crippen LogP contribution in [0.2, 0.25) is 0 Å². The Hall–Kier alpha value is -6.23. The molecule has 0 aliphatic carbocycles. The smallest absolute Gasteiger partial charge is 0.224 e. The first kappa shape index (κ1) is 53.8. The second kappa shape index (κ2) is 30.8. The van der Waals surface area contributed by atoms with Crippen LogP contribution in [-0.4, -0.2) is 117 Å². The third-order valence-electron chi connectivity index (χ3n) is 9.10. The van der Waals surface area contributed by atoms with Crippen molar-refractivity contribution in [2.45, 2.75) is 102 Å². The van der Waals surface area contributed by atoms with Crippen LogP contribution < -0.4 is 73.3 Å². The summed E-state index contributed by atoms with van der Waals surface area (Å²) in [5, 5.41) is 8.15.